The lowest BCUT2D eigenvalue weighted by Gasteiger charge is -2.16. The minimum Gasteiger partial charge on any atom is -0.389 e. The highest BCUT2D eigenvalue weighted by Crippen LogP contribution is 2.26. The number of hydrogen-bond acceptors (Lipinski definition) is 6. The van der Waals surface area contributed by atoms with Crippen molar-refractivity contribution < 1.29 is 14.3 Å². The van der Waals surface area contributed by atoms with Crippen LogP contribution >= 0.6 is 12.4 Å². The lowest BCUT2D eigenvalue weighted by molar-refractivity contribution is 0.102. The fourth-order valence-electron chi connectivity index (χ4n) is 3.43. The molecule has 0 aliphatic heterocycles. The van der Waals surface area contributed by atoms with Crippen molar-refractivity contribution in [2.45, 2.75) is 19.6 Å². The number of carbonyl (C=O) groups is 1. The van der Waals surface area contributed by atoms with Gasteiger partial charge < -0.3 is 20.6 Å². The minimum absolute atomic E-state index is 0. The third-order valence-electron chi connectivity index (χ3n) is 5.37. The number of amides is 1. The molecular formula is C26H27ClFN5O2. The highest BCUT2D eigenvalue weighted by atomic mass is 35.5. The van der Waals surface area contributed by atoms with Crippen LogP contribution in [0.5, 0.6) is 0 Å². The van der Waals surface area contributed by atoms with E-state index in [9.17, 15) is 14.3 Å². The third kappa shape index (κ3) is 6.23. The molecule has 0 radical (unpaired) electrons. The number of rotatable bonds is 7. The summed E-state index contributed by atoms with van der Waals surface area (Å²) in [5.74, 6) is 0.577. The monoisotopic (exact) mass is 495 g/mol. The number of anilines is 3. The summed E-state index contributed by atoms with van der Waals surface area (Å²) in [7, 11) is 3.75. The third-order valence-corrected chi connectivity index (χ3v) is 5.37. The molecule has 4 aromatic rings. The van der Waals surface area contributed by atoms with Gasteiger partial charge in [0.1, 0.15) is 11.6 Å². The van der Waals surface area contributed by atoms with E-state index in [1.165, 1.54) is 24.3 Å². The first-order valence-electron chi connectivity index (χ1n) is 10.9. The highest BCUT2D eigenvalue weighted by Gasteiger charge is 2.12. The fraction of sp³-hybridized carbons (Fsp3) is 0.192. The number of aliphatic hydroxyl groups is 1. The van der Waals surface area contributed by atoms with Crippen molar-refractivity contribution in [1.82, 2.24) is 9.97 Å². The molecule has 0 bridgehead atoms. The van der Waals surface area contributed by atoms with Gasteiger partial charge in [-0.3, -0.25) is 4.79 Å². The van der Waals surface area contributed by atoms with Crippen LogP contribution in [0.4, 0.5) is 21.8 Å². The van der Waals surface area contributed by atoms with Gasteiger partial charge in [0.05, 0.1) is 11.6 Å². The topological polar surface area (TPSA) is 90.4 Å². The predicted octanol–water partition coefficient (Wildman–Crippen LogP) is 5.17. The Morgan fingerprint density at radius 1 is 1.03 bits per heavy atom. The van der Waals surface area contributed by atoms with Crippen molar-refractivity contribution in [3.63, 3.8) is 0 Å². The number of benzene rings is 3. The molecule has 1 atom stereocenters. The molecule has 182 valence electrons. The maximum atomic E-state index is 13.1. The molecule has 0 saturated heterocycles. The van der Waals surface area contributed by atoms with Crippen LogP contribution < -0.4 is 15.5 Å². The number of hydrogen-bond donors (Lipinski definition) is 3. The Kier molecular flexibility index (Phi) is 8.22. The number of nitrogens with one attached hydrogen (secondary N) is 2. The minimum atomic E-state index is -0.583. The van der Waals surface area contributed by atoms with Crippen LogP contribution in [-0.2, 0) is 6.54 Å². The number of aromatic nitrogens is 2. The molecule has 4 rings (SSSR count). The van der Waals surface area contributed by atoms with Gasteiger partial charge in [0, 0.05) is 37.3 Å². The molecular weight excluding hydrogens is 469 g/mol. The van der Waals surface area contributed by atoms with Gasteiger partial charge in [-0.15, -0.1) is 12.4 Å². The van der Waals surface area contributed by atoms with Crippen LogP contribution in [0.1, 0.15) is 34.5 Å². The summed E-state index contributed by atoms with van der Waals surface area (Å²) in [6.07, 6.45) is -0.583. The Morgan fingerprint density at radius 2 is 1.71 bits per heavy atom. The van der Waals surface area contributed by atoms with E-state index in [1.54, 1.807) is 6.92 Å². The zero-order valence-electron chi connectivity index (χ0n) is 19.6. The lowest BCUT2D eigenvalue weighted by Crippen LogP contribution is -2.14. The Hall–Kier alpha value is -3.75. The number of aliphatic hydroxyl groups excluding tert-OH is 1. The van der Waals surface area contributed by atoms with Crippen LogP contribution in [0.15, 0.2) is 66.7 Å². The molecule has 0 spiro atoms. The number of nitrogens with zero attached hydrogens (tertiary/aromatic N) is 3. The van der Waals surface area contributed by atoms with Gasteiger partial charge in [0.15, 0.2) is 0 Å². The molecule has 1 amide bonds. The Balaban J connectivity index is 0.00000342. The molecule has 7 nitrogen and oxygen atoms in total. The summed E-state index contributed by atoms with van der Waals surface area (Å²) < 4.78 is 13.1. The molecule has 0 aliphatic rings. The quantitative estimate of drug-likeness (QED) is 0.327. The van der Waals surface area contributed by atoms with Gasteiger partial charge in [0.2, 0.25) is 5.95 Å². The first kappa shape index (κ1) is 25.9. The van der Waals surface area contributed by atoms with Gasteiger partial charge >= 0.3 is 0 Å². The van der Waals surface area contributed by atoms with Gasteiger partial charge in [0.25, 0.3) is 5.91 Å². The second-order valence-electron chi connectivity index (χ2n) is 8.23. The second kappa shape index (κ2) is 11.1. The Bertz CT molecular complexity index is 1310. The van der Waals surface area contributed by atoms with E-state index in [-0.39, 0.29) is 24.1 Å². The molecule has 0 aliphatic carbocycles. The van der Waals surface area contributed by atoms with E-state index in [0.29, 0.717) is 29.6 Å². The molecule has 0 saturated carbocycles. The Morgan fingerprint density at radius 3 is 2.34 bits per heavy atom. The molecule has 3 aromatic carbocycles. The number of halogens is 2. The maximum Gasteiger partial charge on any atom is 0.255 e. The van der Waals surface area contributed by atoms with E-state index in [4.69, 9.17) is 0 Å². The smallest absolute Gasteiger partial charge is 0.255 e. The molecule has 1 heterocycles. The van der Waals surface area contributed by atoms with Gasteiger partial charge in [-0.25, -0.2) is 9.37 Å². The summed E-state index contributed by atoms with van der Waals surface area (Å²) in [5, 5.41) is 17.0. The molecule has 1 aromatic heterocycles. The molecule has 0 fully saturated rings. The average Bonchev–Trinajstić information content (AvgIpc) is 2.83. The molecule has 9 heteroatoms. The maximum absolute atomic E-state index is 13.1. The van der Waals surface area contributed by atoms with Crippen molar-refractivity contribution in [3.05, 3.63) is 89.2 Å². The molecule has 3 N–H and O–H groups in total. The van der Waals surface area contributed by atoms with Crippen LogP contribution in [0.3, 0.4) is 0 Å². The largest absolute Gasteiger partial charge is 0.389 e. The fourth-order valence-corrected chi connectivity index (χ4v) is 3.43. The van der Waals surface area contributed by atoms with Gasteiger partial charge in [-0.2, -0.15) is 4.98 Å². The second-order valence-corrected chi connectivity index (χ2v) is 8.23. The summed E-state index contributed by atoms with van der Waals surface area (Å²) in [4.78, 5) is 23.4. The summed E-state index contributed by atoms with van der Waals surface area (Å²) in [5.41, 5.74) is 3.57. The van der Waals surface area contributed by atoms with Crippen molar-refractivity contribution >= 4 is 46.7 Å². The molecule has 35 heavy (non-hydrogen) atoms. The number of fused-ring (bicyclic) bond motifs is 1. The summed E-state index contributed by atoms with van der Waals surface area (Å²) >= 11 is 0. The van der Waals surface area contributed by atoms with Gasteiger partial charge in [-0.1, -0.05) is 18.2 Å². The zero-order chi connectivity index (χ0) is 24.2. The van der Waals surface area contributed by atoms with E-state index < -0.39 is 6.10 Å². The van der Waals surface area contributed by atoms with Crippen molar-refractivity contribution in [3.8, 4) is 0 Å². The average molecular weight is 496 g/mol. The SMILES string of the molecule is CC(O)c1ccc2c(NCc3ccc(NC(=O)c4ccc(F)cc4)cc3)nc(N(C)C)nc2c1.Cl. The van der Waals surface area contributed by atoms with Crippen LogP contribution in [0.2, 0.25) is 0 Å². The molecule has 1 unspecified atom stereocenters. The first-order valence-corrected chi connectivity index (χ1v) is 10.9. The van der Waals surface area contributed by atoms with Crippen molar-refractivity contribution in [2.24, 2.45) is 0 Å². The van der Waals surface area contributed by atoms with Crippen LogP contribution in [0, 0.1) is 5.82 Å². The first-order chi connectivity index (χ1) is 16.3. The van der Waals surface area contributed by atoms with Crippen LogP contribution in [-0.4, -0.2) is 35.1 Å². The predicted molar refractivity (Wildman–Crippen MR) is 140 cm³/mol. The zero-order valence-corrected chi connectivity index (χ0v) is 20.4. The summed E-state index contributed by atoms with van der Waals surface area (Å²) in [6.45, 7) is 2.24. The van der Waals surface area contributed by atoms with E-state index >= 15 is 0 Å². The standard InChI is InChI=1S/C26H26FN5O2.ClH/c1-16(33)19-8-13-22-23(14-19)30-26(32(2)3)31-24(22)28-15-17-4-11-21(12-5-17)29-25(34)18-6-9-20(27)10-7-18;/h4-14,16,33H,15H2,1-3H3,(H,29,34)(H,28,30,31);1H. The van der Waals surface area contributed by atoms with Crippen molar-refractivity contribution in [2.75, 3.05) is 29.6 Å². The lowest BCUT2D eigenvalue weighted by atomic mass is 10.1. The van der Waals surface area contributed by atoms with E-state index in [0.717, 1.165) is 22.0 Å². The Labute approximate surface area is 209 Å². The van der Waals surface area contributed by atoms with Crippen LogP contribution in [0.25, 0.3) is 10.9 Å². The normalized spacial score (nSPS) is 11.5. The summed E-state index contributed by atoms with van der Waals surface area (Å²) in [6, 6.07) is 18.5. The number of carbonyl (C=O) groups excluding carboxylic acids is 1. The van der Waals surface area contributed by atoms with Gasteiger partial charge in [-0.05, 0) is 66.6 Å². The van der Waals surface area contributed by atoms with E-state index in [2.05, 4.69) is 20.6 Å². The van der Waals surface area contributed by atoms with Crippen molar-refractivity contribution in [1.29, 1.82) is 0 Å². The van der Waals surface area contributed by atoms with E-state index in [1.807, 2.05) is 61.5 Å². The highest BCUT2D eigenvalue weighted by molar-refractivity contribution is 6.04.